The number of aromatic nitrogens is 1. The topological polar surface area (TPSA) is 26.2 Å². The maximum atomic E-state index is 5.03. The molecule has 0 amide bonds. The molecule has 1 aliphatic rings. The van der Waals surface area contributed by atoms with Gasteiger partial charge in [-0.3, -0.25) is 0 Å². The van der Waals surface area contributed by atoms with E-state index < -0.39 is 0 Å². The van der Waals surface area contributed by atoms with Gasteiger partial charge >= 0.3 is 0 Å². The second-order valence-electron chi connectivity index (χ2n) is 3.91. The Balaban J connectivity index is 1.76. The fraction of sp³-hybridized carbons (Fsp3) is 0.636. The molecule has 0 atom stereocenters. The van der Waals surface area contributed by atoms with Crippen molar-refractivity contribution in [2.75, 3.05) is 13.7 Å². The number of methoxy groups -OCH3 is 1. The molecule has 1 saturated carbocycles. The Morgan fingerprint density at radius 3 is 3.14 bits per heavy atom. The molecule has 3 heteroatoms. The van der Waals surface area contributed by atoms with Crippen molar-refractivity contribution >= 4 is 0 Å². The Kier molecular flexibility index (Phi) is 3.22. The van der Waals surface area contributed by atoms with E-state index in [2.05, 4.69) is 28.3 Å². The van der Waals surface area contributed by atoms with Gasteiger partial charge in [-0.05, 0) is 24.5 Å². The largest absolute Gasteiger partial charge is 0.383 e. The molecule has 0 unspecified atom stereocenters. The molecule has 0 saturated heterocycles. The van der Waals surface area contributed by atoms with E-state index in [4.69, 9.17) is 4.74 Å². The molecule has 1 aromatic heterocycles. The van der Waals surface area contributed by atoms with Crippen molar-refractivity contribution in [3.63, 3.8) is 0 Å². The summed E-state index contributed by atoms with van der Waals surface area (Å²) in [6.07, 6.45) is 7.01. The van der Waals surface area contributed by atoms with Crippen LogP contribution in [0.5, 0.6) is 0 Å². The number of hydrogen-bond donors (Lipinski definition) is 1. The van der Waals surface area contributed by atoms with Crippen molar-refractivity contribution in [1.82, 2.24) is 9.88 Å². The summed E-state index contributed by atoms with van der Waals surface area (Å²) in [4.78, 5) is 0. The van der Waals surface area contributed by atoms with Gasteiger partial charge in [0.25, 0.3) is 0 Å². The van der Waals surface area contributed by atoms with Crippen molar-refractivity contribution < 1.29 is 4.74 Å². The third-order valence-corrected chi connectivity index (χ3v) is 2.54. The number of nitrogens with one attached hydrogen (secondary N) is 1. The third kappa shape index (κ3) is 2.86. The summed E-state index contributed by atoms with van der Waals surface area (Å²) in [5.74, 6) is 0. The molecule has 3 nitrogen and oxygen atoms in total. The first-order valence-corrected chi connectivity index (χ1v) is 5.25. The van der Waals surface area contributed by atoms with E-state index in [9.17, 15) is 0 Å². The molecule has 0 bridgehead atoms. The van der Waals surface area contributed by atoms with Crippen LogP contribution in [0, 0.1) is 0 Å². The number of hydrogen-bond acceptors (Lipinski definition) is 2. The van der Waals surface area contributed by atoms with Crippen LogP contribution in [0.1, 0.15) is 18.4 Å². The zero-order chi connectivity index (χ0) is 9.80. The SMILES string of the molecule is COCCn1ccc(CNC2CC2)c1. The van der Waals surface area contributed by atoms with E-state index in [0.717, 1.165) is 25.7 Å². The summed E-state index contributed by atoms with van der Waals surface area (Å²) in [6.45, 7) is 2.73. The average Bonchev–Trinajstić information content (AvgIpc) is 2.92. The molecule has 78 valence electrons. The van der Waals surface area contributed by atoms with Gasteiger partial charge in [-0.25, -0.2) is 0 Å². The third-order valence-electron chi connectivity index (χ3n) is 2.54. The highest BCUT2D eigenvalue weighted by Crippen LogP contribution is 2.19. The van der Waals surface area contributed by atoms with Crippen LogP contribution in [-0.4, -0.2) is 24.3 Å². The minimum absolute atomic E-state index is 0.782. The van der Waals surface area contributed by atoms with Gasteiger partial charge < -0.3 is 14.6 Å². The Labute approximate surface area is 85.1 Å². The van der Waals surface area contributed by atoms with Crippen LogP contribution >= 0.6 is 0 Å². The highest BCUT2D eigenvalue weighted by atomic mass is 16.5. The monoisotopic (exact) mass is 194 g/mol. The van der Waals surface area contributed by atoms with E-state index in [1.54, 1.807) is 7.11 Å². The molecule has 0 spiro atoms. The maximum Gasteiger partial charge on any atom is 0.0641 e. The van der Waals surface area contributed by atoms with E-state index in [-0.39, 0.29) is 0 Å². The van der Waals surface area contributed by atoms with Gasteiger partial charge in [0.15, 0.2) is 0 Å². The molecule has 1 aliphatic carbocycles. The van der Waals surface area contributed by atoms with E-state index >= 15 is 0 Å². The van der Waals surface area contributed by atoms with Crippen LogP contribution < -0.4 is 5.32 Å². The second-order valence-corrected chi connectivity index (χ2v) is 3.91. The van der Waals surface area contributed by atoms with E-state index in [1.165, 1.54) is 18.4 Å². The van der Waals surface area contributed by atoms with Crippen LogP contribution in [0.4, 0.5) is 0 Å². The van der Waals surface area contributed by atoms with Gasteiger partial charge in [-0.15, -0.1) is 0 Å². The maximum absolute atomic E-state index is 5.03. The van der Waals surface area contributed by atoms with Gasteiger partial charge in [0.1, 0.15) is 0 Å². The molecular formula is C11H18N2O. The molecule has 0 aliphatic heterocycles. The zero-order valence-electron chi connectivity index (χ0n) is 8.70. The lowest BCUT2D eigenvalue weighted by Gasteiger charge is -2.01. The lowest BCUT2D eigenvalue weighted by atomic mass is 10.3. The van der Waals surface area contributed by atoms with Gasteiger partial charge in [-0.2, -0.15) is 0 Å². The molecule has 0 aromatic carbocycles. The molecule has 1 fully saturated rings. The number of rotatable bonds is 6. The standard InChI is InChI=1S/C11H18N2O/c1-14-7-6-13-5-4-10(9-13)8-12-11-2-3-11/h4-5,9,11-12H,2-3,6-8H2,1H3. The molecule has 1 aromatic rings. The van der Waals surface area contributed by atoms with Crippen molar-refractivity contribution in [3.05, 3.63) is 24.0 Å². The van der Waals surface area contributed by atoms with Crippen LogP contribution in [0.15, 0.2) is 18.5 Å². The highest BCUT2D eigenvalue weighted by molar-refractivity contribution is 5.10. The fourth-order valence-corrected chi connectivity index (χ4v) is 1.48. The fourth-order valence-electron chi connectivity index (χ4n) is 1.48. The number of ether oxygens (including phenoxy) is 1. The van der Waals surface area contributed by atoms with Gasteiger partial charge in [0.05, 0.1) is 6.61 Å². The van der Waals surface area contributed by atoms with Gasteiger partial charge in [-0.1, -0.05) is 0 Å². The second kappa shape index (κ2) is 4.62. The average molecular weight is 194 g/mol. The van der Waals surface area contributed by atoms with Crippen molar-refractivity contribution in [3.8, 4) is 0 Å². The molecule has 1 N–H and O–H groups in total. The van der Waals surface area contributed by atoms with Crippen LogP contribution in [0.2, 0.25) is 0 Å². The molecule has 0 radical (unpaired) electrons. The van der Waals surface area contributed by atoms with Crippen molar-refractivity contribution in [1.29, 1.82) is 0 Å². The lowest BCUT2D eigenvalue weighted by molar-refractivity contribution is 0.187. The summed E-state index contributed by atoms with van der Waals surface area (Å²) in [7, 11) is 1.74. The van der Waals surface area contributed by atoms with Crippen LogP contribution in [0.3, 0.4) is 0 Å². The molecule has 1 heterocycles. The summed E-state index contributed by atoms with van der Waals surface area (Å²) in [5, 5.41) is 3.50. The van der Waals surface area contributed by atoms with Crippen molar-refractivity contribution in [2.24, 2.45) is 0 Å². The van der Waals surface area contributed by atoms with Crippen LogP contribution in [-0.2, 0) is 17.8 Å². The predicted molar refractivity (Wildman–Crippen MR) is 56.2 cm³/mol. The normalized spacial score (nSPS) is 16.1. The summed E-state index contributed by atoms with van der Waals surface area (Å²) in [6, 6.07) is 2.96. The first-order chi connectivity index (χ1) is 6.88. The molecule has 14 heavy (non-hydrogen) atoms. The quantitative estimate of drug-likeness (QED) is 0.740. The van der Waals surface area contributed by atoms with E-state index in [1.807, 2.05) is 0 Å². The van der Waals surface area contributed by atoms with Gasteiger partial charge in [0, 0.05) is 38.6 Å². The minimum Gasteiger partial charge on any atom is -0.383 e. The first-order valence-electron chi connectivity index (χ1n) is 5.25. The first kappa shape index (κ1) is 9.74. The minimum atomic E-state index is 0.782. The Bertz CT molecular complexity index is 279. The number of nitrogens with zero attached hydrogens (tertiary/aromatic N) is 1. The summed E-state index contributed by atoms with van der Waals surface area (Å²) in [5.41, 5.74) is 1.37. The Morgan fingerprint density at radius 1 is 1.57 bits per heavy atom. The van der Waals surface area contributed by atoms with Gasteiger partial charge in [0.2, 0.25) is 0 Å². The van der Waals surface area contributed by atoms with Crippen LogP contribution in [0.25, 0.3) is 0 Å². The summed E-state index contributed by atoms with van der Waals surface area (Å²) < 4.78 is 7.20. The summed E-state index contributed by atoms with van der Waals surface area (Å²) >= 11 is 0. The highest BCUT2D eigenvalue weighted by Gasteiger charge is 2.19. The smallest absolute Gasteiger partial charge is 0.0641 e. The molecule has 2 rings (SSSR count). The van der Waals surface area contributed by atoms with E-state index in [0.29, 0.717) is 0 Å². The lowest BCUT2D eigenvalue weighted by Crippen LogP contribution is -2.14. The Morgan fingerprint density at radius 2 is 2.43 bits per heavy atom. The predicted octanol–water partition coefficient (Wildman–Crippen LogP) is 1.39. The molecular weight excluding hydrogens is 176 g/mol. The zero-order valence-corrected chi connectivity index (χ0v) is 8.70. The Hall–Kier alpha value is -0.800. The van der Waals surface area contributed by atoms with Crippen molar-refractivity contribution in [2.45, 2.75) is 32.0 Å².